The molecule has 0 aliphatic rings. The van der Waals surface area contributed by atoms with E-state index < -0.39 is 6.04 Å². The molecule has 4 heteroatoms. The van der Waals surface area contributed by atoms with Crippen molar-refractivity contribution >= 4 is 17.2 Å². The highest BCUT2D eigenvalue weighted by Gasteiger charge is 2.14. The smallest absolute Gasteiger partial charge is 0.237 e. The second kappa shape index (κ2) is 5.12. The minimum absolute atomic E-state index is 0.0556. The molecule has 0 saturated heterocycles. The molecule has 1 rings (SSSR count). The molecular formula is C10H16N2OS. The Labute approximate surface area is 88.3 Å². The van der Waals surface area contributed by atoms with Gasteiger partial charge in [-0.2, -0.15) is 0 Å². The van der Waals surface area contributed by atoms with E-state index in [0.29, 0.717) is 6.42 Å². The lowest BCUT2D eigenvalue weighted by Gasteiger charge is -2.15. The summed E-state index contributed by atoms with van der Waals surface area (Å²) in [5.41, 5.74) is 5.61. The maximum Gasteiger partial charge on any atom is 0.237 e. The molecule has 0 aliphatic heterocycles. The van der Waals surface area contributed by atoms with Crippen LogP contribution in [0.1, 0.15) is 31.2 Å². The molecule has 0 spiro atoms. The number of hydrogen-bond acceptors (Lipinski definition) is 3. The molecule has 0 saturated carbocycles. The molecule has 0 fully saturated rings. The lowest BCUT2D eigenvalue weighted by atomic mass is 10.2. The average Bonchev–Trinajstić information content (AvgIpc) is 2.69. The SMILES string of the molecule is CC[C@H](N)C(=O)N[C@H](C)c1cccs1. The lowest BCUT2D eigenvalue weighted by Crippen LogP contribution is -2.40. The summed E-state index contributed by atoms with van der Waals surface area (Å²) in [6.45, 7) is 3.87. The highest BCUT2D eigenvalue weighted by molar-refractivity contribution is 7.10. The van der Waals surface area contributed by atoms with Gasteiger partial charge in [0.05, 0.1) is 12.1 Å². The molecule has 2 atom stereocenters. The molecule has 1 aromatic heterocycles. The van der Waals surface area contributed by atoms with Crippen molar-refractivity contribution in [2.75, 3.05) is 0 Å². The molecule has 1 aromatic rings. The first-order valence-corrected chi connectivity index (χ1v) is 5.62. The summed E-state index contributed by atoms with van der Waals surface area (Å²) in [6.07, 6.45) is 0.670. The molecule has 0 radical (unpaired) electrons. The Morgan fingerprint density at radius 3 is 2.93 bits per heavy atom. The maximum atomic E-state index is 11.4. The molecule has 14 heavy (non-hydrogen) atoms. The van der Waals surface area contributed by atoms with Crippen LogP contribution in [0, 0.1) is 0 Å². The minimum Gasteiger partial charge on any atom is -0.347 e. The van der Waals surface area contributed by atoms with E-state index in [4.69, 9.17) is 5.73 Å². The van der Waals surface area contributed by atoms with Crippen LogP contribution in [-0.2, 0) is 4.79 Å². The van der Waals surface area contributed by atoms with Crippen LogP contribution in [0.4, 0.5) is 0 Å². The molecule has 78 valence electrons. The molecule has 3 N–H and O–H groups in total. The average molecular weight is 212 g/mol. The predicted molar refractivity (Wildman–Crippen MR) is 59.1 cm³/mol. The summed E-state index contributed by atoms with van der Waals surface area (Å²) < 4.78 is 0. The Morgan fingerprint density at radius 1 is 1.71 bits per heavy atom. The fourth-order valence-corrected chi connectivity index (χ4v) is 1.85. The molecular weight excluding hydrogens is 196 g/mol. The maximum absolute atomic E-state index is 11.4. The van der Waals surface area contributed by atoms with Crippen molar-refractivity contribution in [3.8, 4) is 0 Å². The van der Waals surface area contributed by atoms with Crippen LogP contribution in [-0.4, -0.2) is 11.9 Å². The number of carbonyl (C=O) groups excluding carboxylic acids is 1. The van der Waals surface area contributed by atoms with Gasteiger partial charge in [0.1, 0.15) is 0 Å². The number of rotatable bonds is 4. The van der Waals surface area contributed by atoms with Crippen LogP contribution in [0.25, 0.3) is 0 Å². The van der Waals surface area contributed by atoms with Crippen LogP contribution < -0.4 is 11.1 Å². The van der Waals surface area contributed by atoms with Gasteiger partial charge in [0.2, 0.25) is 5.91 Å². The normalized spacial score (nSPS) is 14.8. The number of hydrogen-bond donors (Lipinski definition) is 2. The third-order valence-electron chi connectivity index (χ3n) is 2.11. The van der Waals surface area contributed by atoms with Gasteiger partial charge >= 0.3 is 0 Å². The summed E-state index contributed by atoms with van der Waals surface area (Å²) in [5.74, 6) is -0.0756. The molecule has 3 nitrogen and oxygen atoms in total. The van der Waals surface area contributed by atoms with Crippen molar-refractivity contribution in [3.05, 3.63) is 22.4 Å². The number of nitrogens with one attached hydrogen (secondary N) is 1. The van der Waals surface area contributed by atoms with E-state index >= 15 is 0 Å². The van der Waals surface area contributed by atoms with E-state index in [2.05, 4.69) is 5.32 Å². The summed E-state index contributed by atoms with van der Waals surface area (Å²) in [6, 6.07) is 3.65. The van der Waals surface area contributed by atoms with E-state index in [0.717, 1.165) is 4.88 Å². The Kier molecular flexibility index (Phi) is 4.10. The van der Waals surface area contributed by atoms with Gasteiger partial charge in [-0.3, -0.25) is 4.79 Å². The highest BCUT2D eigenvalue weighted by atomic mass is 32.1. The molecule has 0 bridgehead atoms. The van der Waals surface area contributed by atoms with E-state index in [-0.39, 0.29) is 11.9 Å². The van der Waals surface area contributed by atoms with Crippen molar-refractivity contribution in [2.45, 2.75) is 32.4 Å². The van der Waals surface area contributed by atoms with Gasteiger partial charge in [-0.05, 0) is 24.8 Å². The lowest BCUT2D eigenvalue weighted by molar-refractivity contribution is -0.123. The summed E-state index contributed by atoms with van der Waals surface area (Å²) in [5, 5.41) is 4.88. The van der Waals surface area contributed by atoms with Gasteiger partial charge in [0.25, 0.3) is 0 Å². The zero-order valence-electron chi connectivity index (χ0n) is 8.49. The Balaban J connectivity index is 2.49. The zero-order chi connectivity index (χ0) is 10.6. The second-order valence-corrected chi connectivity index (χ2v) is 4.24. The van der Waals surface area contributed by atoms with Crippen LogP contribution in [0.15, 0.2) is 17.5 Å². The highest BCUT2D eigenvalue weighted by Crippen LogP contribution is 2.17. The van der Waals surface area contributed by atoms with Crippen LogP contribution in [0.5, 0.6) is 0 Å². The molecule has 1 heterocycles. The Morgan fingerprint density at radius 2 is 2.43 bits per heavy atom. The zero-order valence-corrected chi connectivity index (χ0v) is 9.30. The van der Waals surface area contributed by atoms with E-state index in [1.165, 1.54) is 0 Å². The third-order valence-corrected chi connectivity index (χ3v) is 3.16. The van der Waals surface area contributed by atoms with Crippen molar-refractivity contribution in [1.29, 1.82) is 0 Å². The van der Waals surface area contributed by atoms with Gasteiger partial charge in [0, 0.05) is 4.88 Å². The van der Waals surface area contributed by atoms with E-state index in [1.807, 2.05) is 31.4 Å². The monoisotopic (exact) mass is 212 g/mol. The number of nitrogens with two attached hydrogens (primary N) is 1. The fourth-order valence-electron chi connectivity index (χ4n) is 1.11. The number of carbonyl (C=O) groups is 1. The Bertz CT molecular complexity index is 284. The quantitative estimate of drug-likeness (QED) is 0.797. The summed E-state index contributed by atoms with van der Waals surface area (Å²) in [4.78, 5) is 12.6. The molecule has 0 aliphatic carbocycles. The third kappa shape index (κ3) is 2.82. The van der Waals surface area contributed by atoms with Gasteiger partial charge < -0.3 is 11.1 Å². The van der Waals surface area contributed by atoms with Gasteiger partial charge in [-0.15, -0.1) is 11.3 Å². The van der Waals surface area contributed by atoms with E-state index in [9.17, 15) is 4.79 Å². The number of amides is 1. The topological polar surface area (TPSA) is 55.1 Å². The largest absolute Gasteiger partial charge is 0.347 e. The first kappa shape index (κ1) is 11.2. The first-order valence-electron chi connectivity index (χ1n) is 4.74. The van der Waals surface area contributed by atoms with Crippen molar-refractivity contribution < 1.29 is 4.79 Å². The van der Waals surface area contributed by atoms with Crippen LogP contribution >= 0.6 is 11.3 Å². The molecule has 0 unspecified atom stereocenters. The summed E-state index contributed by atoms with van der Waals surface area (Å²) in [7, 11) is 0. The number of thiophene rings is 1. The minimum atomic E-state index is -0.391. The van der Waals surface area contributed by atoms with Crippen molar-refractivity contribution in [1.82, 2.24) is 5.32 Å². The molecule has 0 aromatic carbocycles. The standard InChI is InChI=1S/C10H16N2OS/c1-3-8(11)10(13)12-7(2)9-5-4-6-14-9/h4-8H,3,11H2,1-2H3,(H,12,13)/t7-,8+/m1/s1. The van der Waals surface area contributed by atoms with Gasteiger partial charge in [-0.25, -0.2) is 0 Å². The van der Waals surface area contributed by atoms with Crippen molar-refractivity contribution in [2.24, 2.45) is 5.73 Å². The summed E-state index contributed by atoms with van der Waals surface area (Å²) >= 11 is 1.64. The fraction of sp³-hybridized carbons (Fsp3) is 0.500. The van der Waals surface area contributed by atoms with Crippen LogP contribution in [0.3, 0.4) is 0 Å². The molecule has 1 amide bonds. The van der Waals surface area contributed by atoms with Gasteiger partial charge in [-0.1, -0.05) is 13.0 Å². The van der Waals surface area contributed by atoms with E-state index in [1.54, 1.807) is 11.3 Å². The van der Waals surface area contributed by atoms with Crippen molar-refractivity contribution in [3.63, 3.8) is 0 Å². The first-order chi connectivity index (χ1) is 6.65. The van der Waals surface area contributed by atoms with Gasteiger partial charge in [0.15, 0.2) is 0 Å². The Hall–Kier alpha value is -0.870. The van der Waals surface area contributed by atoms with Crippen LogP contribution in [0.2, 0.25) is 0 Å². The predicted octanol–water partition coefficient (Wildman–Crippen LogP) is 1.66. The second-order valence-electron chi connectivity index (χ2n) is 3.26.